The number of hydrogen-bond donors (Lipinski definition) is 1. The van der Waals surface area contributed by atoms with Crippen LogP contribution in [0.2, 0.25) is 0 Å². The monoisotopic (exact) mass is 205 g/mol. The highest BCUT2D eigenvalue weighted by Gasteiger charge is 2.05. The zero-order valence-corrected chi connectivity index (χ0v) is 10.2. The Morgan fingerprint density at radius 3 is 2.53 bits per heavy atom. The summed E-state index contributed by atoms with van der Waals surface area (Å²) < 4.78 is 0. The predicted octanol–water partition coefficient (Wildman–Crippen LogP) is 3.48. The first-order valence-corrected chi connectivity index (χ1v) is 6.01. The van der Waals surface area contributed by atoms with Gasteiger partial charge in [-0.15, -0.1) is 0 Å². The van der Waals surface area contributed by atoms with Crippen LogP contribution in [0.15, 0.2) is 24.3 Å². The molecule has 0 aliphatic heterocycles. The molecule has 1 aromatic carbocycles. The van der Waals surface area contributed by atoms with Crippen molar-refractivity contribution >= 4 is 0 Å². The highest BCUT2D eigenvalue weighted by Crippen LogP contribution is 2.20. The average Bonchev–Trinajstić information content (AvgIpc) is 2.28. The molecule has 84 valence electrons. The van der Waals surface area contributed by atoms with Crippen LogP contribution in [0, 0.1) is 0 Å². The van der Waals surface area contributed by atoms with Crippen molar-refractivity contribution in [2.24, 2.45) is 5.73 Å². The van der Waals surface area contributed by atoms with Crippen molar-refractivity contribution in [2.75, 3.05) is 0 Å². The maximum atomic E-state index is 5.96. The molecule has 0 amide bonds. The van der Waals surface area contributed by atoms with Crippen LogP contribution in [0.4, 0.5) is 0 Å². The van der Waals surface area contributed by atoms with Crippen molar-refractivity contribution in [3.8, 4) is 0 Å². The first-order valence-electron chi connectivity index (χ1n) is 6.01. The highest BCUT2D eigenvalue weighted by atomic mass is 14.6. The molecule has 0 saturated carbocycles. The summed E-state index contributed by atoms with van der Waals surface area (Å²) in [5.74, 6) is 0.655. The minimum absolute atomic E-state index is 0.303. The summed E-state index contributed by atoms with van der Waals surface area (Å²) >= 11 is 0. The van der Waals surface area contributed by atoms with Crippen molar-refractivity contribution in [1.82, 2.24) is 0 Å². The fraction of sp³-hybridized carbons (Fsp3) is 0.571. The molecule has 0 heterocycles. The minimum Gasteiger partial charge on any atom is -0.327 e. The number of benzene rings is 1. The van der Waals surface area contributed by atoms with Gasteiger partial charge in [-0.05, 0) is 36.3 Å². The Morgan fingerprint density at radius 1 is 1.20 bits per heavy atom. The summed E-state index contributed by atoms with van der Waals surface area (Å²) in [5.41, 5.74) is 8.78. The van der Waals surface area contributed by atoms with Gasteiger partial charge in [-0.3, -0.25) is 0 Å². The van der Waals surface area contributed by atoms with E-state index in [1.165, 1.54) is 17.5 Å². The van der Waals surface area contributed by atoms with Gasteiger partial charge in [0.25, 0.3) is 0 Å². The molecule has 1 rings (SSSR count). The fourth-order valence-electron chi connectivity index (χ4n) is 1.71. The van der Waals surface area contributed by atoms with Crippen LogP contribution in [-0.4, -0.2) is 6.04 Å². The zero-order valence-electron chi connectivity index (χ0n) is 10.2. The summed E-state index contributed by atoms with van der Waals surface area (Å²) in [5, 5.41) is 0. The fourth-order valence-corrected chi connectivity index (χ4v) is 1.71. The van der Waals surface area contributed by atoms with Gasteiger partial charge < -0.3 is 5.73 Å². The number of hydrogen-bond acceptors (Lipinski definition) is 1. The molecule has 0 aliphatic carbocycles. The maximum Gasteiger partial charge on any atom is 0.00766 e. The van der Waals surface area contributed by atoms with Crippen LogP contribution in [0.5, 0.6) is 0 Å². The Kier molecular flexibility index (Phi) is 4.83. The lowest BCUT2D eigenvalue weighted by Crippen LogP contribution is -2.21. The van der Waals surface area contributed by atoms with E-state index in [1.54, 1.807) is 0 Å². The summed E-state index contributed by atoms with van der Waals surface area (Å²) in [6.45, 7) is 6.65. The van der Waals surface area contributed by atoms with E-state index < -0.39 is 0 Å². The van der Waals surface area contributed by atoms with Gasteiger partial charge in [-0.1, -0.05) is 45.0 Å². The molecule has 0 saturated heterocycles. The normalized spacial score (nSPS) is 14.9. The summed E-state index contributed by atoms with van der Waals surface area (Å²) in [6, 6.07) is 9.16. The van der Waals surface area contributed by atoms with E-state index in [0.717, 1.165) is 12.8 Å². The average molecular weight is 205 g/mol. The van der Waals surface area contributed by atoms with Gasteiger partial charge in [-0.25, -0.2) is 0 Å². The molecule has 0 aliphatic rings. The topological polar surface area (TPSA) is 26.0 Å². The van der Waals surface area contributed by atoms with Gasteiger partial charge in [-0.2, -0.15) is 0 Å². The molecule has 1 heteroatoms. The molecule has 0 fully saturated rings. The van der Waals surface area contributed by atoms with Crippen LogP contribution >= 0.6 is 0 Å². The van der Waals surface area contributed by atoms with E-state index in [4.69, 9.17) is 5.73 Å². The molecule has 15 heavy (non-hydrogen) atoms. The van der Waals surface area contributed by atoms with Gasteiger partial charge in [0.15, 0.2) is 0 Å². The van der Waals surface area contributed by atoms with Crippen LogP contribution in [0.3, 0.4) is 0 Å². The van der Waals surface area contributed by atoms with Crippen molar-refractivity contribution < 1.29 is 0 Å². The van der Waals surface area contributed by atoms with Crippen LogP contribution in [0.25, 0.3) is 0 Å². The molecule has 2 unspecified atom stereocenters. The van der Waals surface area contributed by atoms with E-state index >= 15 is 0 Å². The molecular weight excluding hydrogens is 182 g/mol. The lowest BCUT2D eigenvalue weighted by atomic mass is 9.95. The molecule has 0 aromatic heterocycles. The van der Waals surface area contributed by atoms with Crippen molar-refractivity contribution in [1.29, 1.82) is 0 Å². The predicted molar refractivity (Wildman–Crippen MR) is 67.1 cm³/mol. The molecule has 1 nitrogen and oxygen atoms in total. The van der Waals surface area contributed by atoms with E-state index in [-0.39, 0.29) is 0 Å². The molecule has 0 bridgehead atoms. The summed E-state index contributed by atoms with van der Waals surface area (Å²) in [6.07, 6.45) is 3.25. The second-order valence-corrected chi connectivity index (χ2v) is 4.43. The quantitative estimate of drug-likeness (QED) is 0.782. The molecule has 0 spiro atoms. The largest absolute Gasteiger partial charge is 0.327 e. The molecule has 2 atom stereocenters. The Morgan fingerprint density at radius 2 is 1.93 bits per heavy atom. The van der Waals surface area contributed by atoms with Crippen LogP contribution in [0.1, 0.15) is 50.7 Å². The molecule has 1 aromatic rings. The van der Waals surface area contributed by atoms with E-state index in [0.29, 0.717) is 12.0 Å². The molecule has 2 N–H and O–H groups in total. The van der Waals surface area contributed by atoms with Crippen molar-refractivity contribution in [3.63, 3.8) is 0 Å². The first kappa shape index (κ1) is 12.3. The van der Waals surface area contributed by atoms with Crippen molar-refractivity contribution in [3.05, 3.63) is 35.4 Å². The van der Waals surface area contributed by atoms with E-state index in [2.05, 4.69) is 45.0 Å². The van der Waals surface area contributed by atoms with Crippen LogP contribution in [-0.2, 0) is 6.42 Å². The Labute approximate surface area is 93.7 Å². The Bertz CT molecular complexity index is 293. The SMILES string of the molecule is CCC(N)Cc1cccc(C(C)CC)c1. The lowest BCUT2D eigenvalue weighted by Gasteiger charge is -2.13. The first-order chi connectivity index (χ1) is 7.17. The molecular formula is C14H23N. The second-order valence-electron chi connectivity index (χ2n) is 4.43. The van der Waals surface area contributed by atoms with E-state index in [1.807, 2.05) is 0 Å². The Hall–Kier alpha value is -0.820. The highest BCUT2D eigenvalue weighted by molar-refractivity contribution is 5.26. The van der Waals surface area contributed by atoms with Gasteiger partial charge in [0.1, 0.15) is 0 Å². The van der Waals surface area contributed by atoms with Gasteiger partial charge >= 0.3 is 0 Å². The van der Waals surface area contributed by atoms with Gasteiger partial charge in [0.2, 0.25) is 0 Å². The third kappa shape index (κ3) is 3.67. The molecule has 0 radical (unpaired) electrons. The number of rotatable bonds is 5. The third-order valence-corrected chi connectivity index (χ3v) is 3.15. The number of nitrogens with two attached hydrogens (primary N) is 1. The summed E-state index contributed by atoms with van der Waals surface area (Å²) in [4.78, 5) is 0. The maximum absolute atomic E-state index is 5.96. The third-order valence-electron chi connectivity index (χ3n) is 3.15. The smallest absolute Gasteiger partial charge is 0.00766 e. The standard InChI is InChI=1S/C14H23N/c1-4-11(3)13-8-6-7-12(9-13)10-14(15)5-2/h6-9,11,14H,4-5,10,15H2,1-3H3. The van der Waals surface area contributed by atoms with Crippen LogP contribution < -0.4 is 5.73 Å². The van der Waals surface area contributed by atoms with Gasteiger partial charge in [0, 0.05) is 6.04 Å². The Balaban J connectivity index is 2.74. The summed E-state index contributed by atoms with van der Waals surface area (Å²) in [7, 11) is 0. The minimum atomic E-state index is 0.303. The second kappa shape index (κ2) is 5.92. The van der Waals surface area contributed by atoms with Crippen molar-refractivity contribution in [2.45, 2.75) is 52.0 Å². The van der Waals surface area contributed by atoms with E-state index in [9.17, 15) is 0 Å². The zero-order chi connectivity index (χ0) is 11.3. The van der Waals surface area contributed by atoms with Gasteiger partial charge in [0.05, 0.1) is 0 Å². The lowest BCUT2D eigenvalue weighted by molar-refractivity contribution is 0.644.